The number of carbonyl (C=O) groups is 2. The molecule has 2 heterocycles. The summed E-state index contributed by atoms with van der Waals surface area (Å²) in [4.78, 5) is 39.1. The Morgan fingerprint density at radius 1 is 1.65 bits per heavy atom. The summed E-state index contributed by atoms with van der Waals surface area (Å²) in [6.07, 6.45) is 0.942. The molecular formula is C11H13N5O4. The first kappa shape index (κ1) is 13.7. The molecule has 2 amide bonds. The lowest BCUT2D eigenvalue weighted by Gasteiger charge is -2.32. The van der Waals surface area contributed by atoms with Crippen molar-refractivity contribution >= 4 is 23.3 Å². The number of nitrogen functional groups attached to an aromatic ring is 1. The van der Waals surface area contributed by atoms with Gasteiger partial charge >= 0.3 is 0 Å². The second-order valence-corrected chi connectivity index (χ2v) is 4.35. The van der Waals surface area contributed by atoms with E-state index in [1.807, 2.05) is 0 Å². The zero-order valence-corrected chi connectivity index (χ0v) is 10.7. The van der Waals surface area contributed by atoms with Gasteiger partial charge in [0.2, 0.25) is 5.91 Å². The molecule has 1 aliphatic heterocycles. The average molecular weight is 279 g/mol. The van der Waals surface area contributed by atoms with Gasteiger partial charge in [-0.25, -0.2) is 4.98 Å². The Kier molecular flexibility index (Phi) is 3.51. The second-order valence-electron chi connectivity index (χ2n) is 4.35. The Morgan fingerprint density at radius 3 is 3.00 bits per heavy atom. The molecule has 106 valence electrons. The zero-order valence-electron chi connectivity index (χ0n) is 10.7. The SMILES string of the molecule is CC1C(=O)NCCN1C(=O)c1cc(N)ncc1[N+](=O)[O-]. The maximum absolute atomic E-state index is 12.4. The molecule has 1 fully saturated rings. The van der Waals surface area contributed by atoms with Crippen molar-refractivity contribution in [3.05, 3.63) is 27.9 Å². The van der Waals surface area contributed by atoms with Crippen molar-refractivity contribution in [2.24, 2.45) is 0 Å². The fourth-order valence-corrected chi connectivity index (χ4v) is 2.00. The van der Waals surface area contributed by atoms with Gasteiger partial charge in [-0.1, -0.05) is 0 Å². The zero-order chi connectivity index (χ0) is 14.9. The summed E-state index contributed by atoms with van der Waals surface area (Å²) < 4.78 is 0. The van der Waals surface area contributed by atoms with Crippen LogP contribution in [-0.4, -0.2) is 45.8 Å². The Hall–Kier alpha value is -2.71. The minimum atomic E-state index is -0.700. The van der Waals surface area contributed by atoms with E-state index in [4.69, 9.17) is 5.73 Å². The van der Waals surface area contributed by atoms with E-state index in [1.165, 1.54) is 4.90 Å². The third-order valence-electron chi connectivity index (χ3n) is 3.09. The summed E-state index contributed by atoms with van der Waals surface area (Å²) >= 11 is 0. The summed E-state index contributed by atoms with van der Waals surface area (Å²) in [6, 6.07) is 0.463. The van der Waals surface area contributed by atoms with Gasteiger partial charge in [-0.15, -0.1) is 0 Å². The number of pyridine rings is 1. The van der Waals surface area contributed by atoms with Crippen LogP contribution in [0.25, 0.3) is 0 Å². The van der Waals surface area contributed by atoms with Gasteiger partial charge in [0.1, 0.15) is 23.6 Å². The van der Waals surface area contributed by atoms with E-state index in [0.717, 1.165) is 12.3 Å². The molecular weight excluding hydrogens is 266 g/mol. The van der Waals surface area contributed by atoms with Crippen LogP contribution in [0.1, 0.15) is 17.3 Å². The van der Waals surface area contributed by atoms with Crippen LogP contribution in [-0.2, 0) is 4.79 Å². The lowest BCUT2D eigenvalue weighted by atomic mass is 10.1. The van der Waals surface area contributed by atoms with E-state index in [-0.39, 0.29) is 23.8 Å². The molecule has 1 unspecified atom stereocenters. The van der Waals surface area contributed by atoms with E-state index < -0.39 is 22.6 Å². The van der Waals surface area contributed by atoms with Crippen molar-refractivity contribution in [2.45, 2.75) is 13.0 Å². The predicted molar refractivity (Wildman–Crippen MR) is 68.8 cm³/mol. The molecule has 1 aromatic rings. The number of rotatable bonds is 2. The average Bonchev–Trinajstić information content (AvgIpc) is 2.40. The number of anilines is 1. The number of hydrogen-bond acceptors (Lipinski definition) is 6. The number of amides is 2. The normalized spacial score (nSPS) is 18.6. The standard InChI is InChI=1S/C11H13N5O4/c1-6-10(17)13-2-3-15(6)11(18)7-4-9(12)14-5-8(7)16(19)20/h4-6H,2-3H2,1H3,(H2,12,14)(H,13,17). The van der Waals surface area contributed by atoms with Gasteiger partial charge in [-0.3, -0.25) is 19.7 Å². The number of carbonyl (C=O) groups excluding carboxylic acids is 2. The number of piperazine rings is 1. The van der Waals surface area contributed by atoms with Gasteiger partial charge in [0.25, 0.3) is 11.6 Å². The van der Waals surface area contributed by atoms with Crippen LogP contribution in [0.4, 0.5) is 11.5 Å². The van der Waals surface area contributed by atoms with Gasteiger partial charge in [-0.2, -0.15) is 0 Å². The molecule has 0 saturated carbocycles. The number of nitrogens with one attached hydrogen (secondary N) is 1. The van der Waals surface area contributed by atoms with Crippen LogP contribution in [0.3, 0.4) is 0 Å². The van der Waals surface area contributed by atoms with Gasteiger partial charge in [0, 0.05) is 13.1 Å². The van der Waals surface area contributed by atoms with Gasteiger partial charge in [0.05, 0.1) is 4.92 Å². The molecule has 0 radical (unpaired) electrons. The number of nitro groups is 1. The quantitative estimate of drug-likeness (QED) is 0.555. The van der Waals surface area contributed by atoms with Crippen molar-refractivity contribution in [3.8, 4) is 0 Å². The molecule has 0 bridgehead atoms. The monoisotopic (exact) mass is 279 g/mol. The largest absolute Gasteiger partial charge is 0.384 e. The van der Waals surface area contributed by atoms with E-state index in [0.29, 0.717) is 6.54 Å². The maximum Gasteiger partial charge on any atom is 0.300 e. The highest BCUT2D eigenvalue weighted by atomic mass is 16.6. The predicted octanol–water partition coefficient (Wildman–Crippen LogP) is -0.467. The minimum Gasteiger partial charge on any atom is -0.384 e. The molecule has 20 heavy (non-hydrogen) atoms. The van der Waals surface area contributed by atoms with Crippen molar-refractivity contribution in [1.82, 2.24) is 15.2 Å². The Labute approximate surface area is 113 Å². The van der Waals surface area contributed by atoms with Gasteiger partial charge in [-0.05, 0) is 13.0 Å². The van der Waals surface area contributed by atoms with E-state index >= 15 is 0 Å². The van der Waals surface area contributed by atoms with Crippen LogP contribution in [0.15, 0.2) is 12.3 Å². The fraction of sp³-hybridized carbons (Fsp3) is 0.364. The fourth-order valence-electron chi connectivity index (χ4n) is 2.00. The summed E-state index contributed by atoms with van der Waals surface area (Å²) in [5.74, 6) is -0.893. The number of nitrogens with zero attached hydrogens (tertiary/aromatic N) is 3. The molecule has 9 nitrogen and oxygen atoms in total. The summed E-state index contributed by atoms with van der Waals surface area (Å²) in [7, 11) is 0. The molecule has 1 aromatic heterocycles. The highest BCUT2D eigenvalue weighted by Crippen LogP contribution is 2.22. The molecule has 0 aliphatic carbocycles. The Morgan fingerprint density at radius 2 is 2.35 bits per heavy atom. The Balaban J connectivity index is 2.40. The Bertz CT molecular complexity index is 588. The van der Waals surface area contributed by atoms with Crippen molar-refractivity contribution < 1.29 is 14.5 Å². The van der Waals surface area contributed by atoms with Crippen LogP contribution in [0, 0.1) is 10.1 Å². The van der Waals surface area contributed by atoms with Crippen molar-refractivity contribution in [1.29, 1.82) is 0 Å². The first-order chi connectivity index (χ1) is 9.41. The van der Waals surface area contributed by atoms with Gasteiger partial charge in [0.15, 0.2) is 0 Å². The van der Waals surface area contributed by atoms with Crippen LogP contribution >= 0.6 is 0 Å². The van der Waals surface area contributed by atoms with Gasteiger partial charge < -0.3 is 16.0 Å². The topological polar surface area (TPSA) is 131 Å². The highest BCUT2D eigenvalue weighted by Gasteiger charge is 2.33. The van der Waals surface area contributed by atoms with E-state index in [9.17, 15) is 19.7 Å². The third kappa shape index (κ3) is 2.37. The molecule has 3 N–H and O–H groups in total. The summed E-state index contributed by atoms with van der Waals surface area (Å²) in [5, 5.41) is 13.6. The van der Waals surface area contributed by atoms with Crippen molar-refractivity contribution in [3.63, 3.8) is 0 Å². The van der Waals surface area contributed by atoms with Crippen LogP contribution < -0.4 is 11.1 Å². The molecule has 0 aromatic carbocycles. The third-order valence-corrected chi connectivity index (χ3v) is 3.09. The minimum absolute atomic E-state index is 0.00747. The first-order valence-corrected chi connectivity index (χ1v) is 5.90. The number of aromatic nitrogens is 1. The molecule has 0 spiro atoms. The van der Waals surface area contributed by atoms with Crippen LogP contribution in [0.2, 0.25) is 0 Å². The molecule has 2 rings (SSSR count). The molecule has 1 saturated heterocycles. The van der Waals surface area contributed by atoms with E-state index in [1.54, 1.807) is 6.92 Å². The van der Waals surface area contributed by atoms with Crippen LogP contribution in [0.5, 0.6) is 0 Å². The smallest absolute Gasteiger partial charge is 0.300 e. The number of nitrogens with two attached hydrogens (primary N) is 1. The summed E-state index contributed by atoms with van der Waals surface area (Å²) in [5.41, 5.74) is 4.88. The summed E-state index contributed by atoms with van der Waals surface area (Å²) in [6.45, 7) is 2.15. The lowest BCUT2D eigenvalue weighted by molar-refractivity contribution is -0.385. The number of hydrogen-bond donors (Lipinski definition) is 2. The first-order valence-electron chi connectivity index (χ1n) is 5.90. The van der Waals surface area contributed by atoms with E-state index in [2.05, 4.69) is 10.3 Å². The van der Waals surface area contributed by atoms with Crippen molar-refractivity contribution in [2.75, 3.05) is 18.8 Å². The lowest BCUT2D eigenvalue weighted by Crippen LogP contribution is -2.55. The molecule has 9 heteroatoms. The maximum atomic E-state index is 12.4. The molecule has 1 aliphatic rings. The highest BCUT2D eigenvalue weighted by molar-refractivity contribution is 6.01. The second kappa shape index (κ2) is 5.11. The molecule has 1 atom stereocenters.